The highest BCUT2D eigenvalue weighted by molar-refractivity contribution is 9.08. The SMILES string of the molecule is Cc1ccc(C)c(Oc2ncc(CBr)cn2)c1C. The molecule has 18 heavy (non-hydrogen) atoms. The van der Waals surface area contributed by atoms with Gasteiger partial charge in [-0.2, -0.15) is 0 Å². The van der Waals surface area contributed by atoms with Gasteiger partial charge in [0.05, 0.1) is 0 Å². The zero-order valence-electron chi connectivity index (χ0n) is 10.7. The minimum absolute atomic E-state index is 0.386. The first kappa shape index (κ1) is 13.0. The lowest BCUT2D eigenvalue weighted by Crippen LogP contribution is -1.97. The number of hydrogen-bond donors (Lipinski definition) is 0. The van der Waals surface area contributed by atoms with E-state index >= 15 is 0 Å². The van der Waals surface area contributed by atoms with E-state index < -0.39 is 0 Å². The number of nitrogens with zero attached hydrogens (tertiary/aromatic N) is 2. The van der Waals surface area contributed by atoms with Gasteiger partial charge in [-0.15, -0.1) is 0 Å². The molecule has 0 aliphatic rings. The summed E-state index contributed by atoms with van der Waals surface area (Å²) in [5.41, 5.74) is 4.45. The highest BCUT2D eigenvalue weighted by Crippen LogP contribution is 2.28. The van der Waals surface area contributed by atoms with Gasteiger partial charge in [0.15, 0.2) is 0 Å². The molecule has 1 aromatic heterocycles. The molecule has 2 rings (SSSR count). The van der Waals surface area contributed by atoms with E-state index in [1.54, 1.807) is 12.4 Å². The van der Waals surface area contributed by atoms with Gasteiger partial charge in [-0.25, -0.2) is 9.97 Å². The van der Waals surface area contributed by atoms with Crippen LogP contribution in [0.5, 0.6) is 11.8 Å². The summed E-state index contributed by atoms with van der Waals surface area (Å²) in [5, 5.41) is 0.746. The fourth-order valence-corrected chi connectivity index (χ4v) is 1.93. The van der Waals surface area contributed by atoms with Crippen LogP contribution in [0.4, 0.5) is 0 Å². The van der Waals surface area contributed by atoms with Crippen LogP contribution in [0.25, 0.3) is 0 Å². The average molecular weight is 307 g/mol. The summed E-state index contributed by atoms with van der Waals surface area (Å²) in [7, 11) is 0. The first-order valence-corrected chi connectivity index (χ1v) is 6.85. The Balaban J connectivity index is 2.30. The molecule has 0 fully saturated rings. The van der Waals surface area contributed by atoms with Crippen molar-refractivity contribution < 1.29 is 4.74 Å². The first-order valence-electron chi connectivity index (χ1n) is 5.73. The molecule has 94 valence electrons. The average Bonchev–Trinajstić information content (AvgIpc) is 2.40. The van der Waals surface area contributed by atoms with Gasteiger partial charge in [0.25, 0.3) is 0 Å². The summed E-state index contributed by atoms with van der Waals surface area (Å²) >= 11 is 3.36. The van der Waals surface area contributed by atoms with Gasteiger partial charge in [0.2, 0.25) is 0 Å². The zero-order valence-corrected chi connectivity index (χ0v) is 12.3. The Hall–Kier alpha value is -1.42. The number of aromatic nitrogens is 2. The Bertz CT molecular complexity index is 552. The highest BCUT2D eigenvalue weighted by Gasteiger charge is 2.09. The summed E-state index contributed by atoms with van der Waals surface area (Å²) < 4.78 is 5.78. The molecular formula is C14H15BrN2O. The summed E-state index contributed by atoms with van der Waals surface area (Å²) in [4.78, 5) is 8.39. The Morgan fingerprint density at radius 2 is 1.67 bits per heavy atom. The third-order valence-corrected chi connectivity index (χ3v) is 3.55. The van der Waals surface area contributed by atoms with E-state index in [4.69, 9.17) is 4.74 Å². The zero-order chi connectivity index (χ0) is 13.1. The Morgan fingerprint density at radius 3 is 2.28 bits per heavy atom. The van der Waals surface area contributed by atoms with E-state index in [2.05, 4.69) is 38.9 Å². The molecule has 1 heterocycles. The van der Waals surface area contributed by atoms with Crippen LogP contribution in [0.1, 0.15) is 22.3 Å². The lowest BCUT2D eigenvalue weighted by molar-refractivity contribution is 0.434. The lowest BCUT2D eigenvalue weighted by atomic mass is 10.1. The molecule has 1 aromatic carbocycles. The van der Waals surface area contributed by atoms with Crippen molar-refractivity contribution in [2.24, 2.45) is 0 Å². The van der Waals surface area contributed by atoms with E-state index in [-0.39, 0.29) is 0 Å². The number of aryl methyl sites for hydroxylation is 2. The molecule has 0 aliphatic carbocycles. The maximum atomic E-state index is 5.78. The molecule has 0 amide bonds. The van der Waals surface area contributed by atoms with Crippen molar-refractivity contribution in [3.8, 4) is 11.8 Å². The van der Waals surface area contributed by atoms with Gasteiger partial charge >= 0.3 is 6.01 Å². The molecular weight excluding hydrogens is 292 g/mol. The molecule has 0 spiro atoms. The van der Waals surface area contributed by atoms with Crippen LogP contribution in [0.3, 0.4) is 0 Å². The largest absolute Gasteiger partial charge is 0.424 e. The maximum absolute atomic E-state index is 5.78. The second-order valence-electron chi connectivity index (χ2n) is 4.26. The molecule has 0 saturated heterocycles. The standard InChI is InChI=1S/C14H15BrN2O/c1-9-4-5-10(2)13(11(9)3)18-14-16-7-12(6-15)8-17-14/h4-5,7-8H,6H2,1-3H3. The molecule has 0 N–H and O–H groups in total. The van der Waals surface area contributed by atoms with Gasteiger partial charge in [0, 0.05) is 17.7 Å². The smallest absolute Gasteiger partial charge is 0.321 e. The Morgan fingerprint density at radius 1 is 1.06 bits per heavy atom. The number of halogens is 1. The molecule has 4 heteroatoms. The third-order valence-electron chi connectivity index (χ3n) is 2.90. The van der Waals surface area contributed by atoms with Crippen molar-refractivity contribution in [3.63, 3.8) is 0 Å². The second-order valence-corrected chi connectivity index (χ2v) is 4.82. The van der Waals surface area contributed by atoms with E-state index in [9.17, 15) is 0 Å². The van der Waals surface area contributed by atoms with Crippen LogP contribution in [-0.2, 0) is 5.33 Å². The molecule has 0 bridgehead atoms. The number of hydrogen-bond acceptors (Lipinski definition) is 3. The van der Waals surface area contributed by atoms with E-state index in [1.165, 1.54) is 5.56 Å². The fourth-order valence-electron chi connectivity index (χ4n) is 1.64. The number of alkyl halides is 1. The van der Waals surface area contributed by atoms with Gasteiger partial charge in [-0.3, -0.25) is 0 Å². The van der Waals surface area contributed by atoms with Gasteiger partial charge in [0.1, 0.15) is 5.75 Å². The van der Waals surface area contributed by atoms with Crippen LogP contribution in [0.2, 0.25) is 0 Å². The second kappa shape index (κ2) is 5.48. The monoisotopic (exact) mass is 306 g/mol. The number of rotatable bonds is 3. The fraction of sp³-hybridized carbons (Fsp3) is 0.286. The normalized spacial score (nSPS) is 10.4. The Kier molecular flexibility index (Phi) is 3.97. The minimum Gasteiger partial charge on any atom is -0.424 e. The molecule has 0 atom stereocenters. The maximum Gasteiger partial charge on any atom is 0.321 e. The topological polar surface area (TPSA) is 35.0 Å². The van der Waals surface area contributed by atoms with E-state index in [0.717, 1.165) is 27.8 Å². The molecule has 0 saturated carbocycles. The van der Waals surface area contributed by atoms with Gasteiger partial charge in [-0.05, 0) is 43.0 Å². The number of benzene rings is 1. The predicted molar refractivity (Wildman–Crippen MR) is 75.4 cm³/mol. The van der Waals surface area contributed by atoms with E-state index in [1.807, 2.05) is 19.9 Å². The third kappa shape index (κ3) is 2.70. The van der Waals surface area contributed by atoms with Crippen LogP contribution in [-0.4, -0.2) is 9.97 Å². The van der Waals surface area contributed by atoms with Crippen molar-refractivity contribution >= 4 is 15.9 Å². The van der Waals surface area contributed by atoms with Crippen LogP contribution in [0, 0.1) is 20.8 Å². The van der Waals surface area contributed by atoms with E-state index in [0.29, 0.717) is 6.01 Å². The predicted octanol–water partition coefficient (Wildman–Crippen LogP) is 4.09. The van der Waals surface area contributed by atoms with Crippen molar-refractivity contribution in [1.29, 1.82) is 0 Å². The van der Waals surface area contributed by atoms with Crippen LogP contribution >= 0.6 is 15.9 Å². The molecule has 0 unspecified atom stereocenters. The molecule has 3 nitrogen and oxygen atoms in total. The van der Waals surface area contributed by atoms with Gasteiger partial charge < -0.3 is 4.74 Å². The summed E-state index contributed by atoms with van der Waals surface area (Å²) in [6.45, 7) is 6.13. The summed E-state index contributed by atoms with van der Waals surface area (Å²) in [5.74, 6) is 0.849. The highest BCUT2D eigenvalue weighted by atomic mass is 79.9. The Labute approximate surface area is 115 Å². The van der Waals surface area contributed by atoms with Crippen molar-refractivity contribution in [2.45, 2.75) is 26.1 Å². The first-order chi connectivity index (χ1) is 8.61. The lowest BCUT2D eigenvalue weighted by Gasteiger charge is -2.12. The van der Waals surface area contributed by atoms with Crippen molar-refractivity contribution in [1.82, 2.24) is 9.97 Å². The minimum atomic E-state index is 0.386. The van der Waals surface area contributed by atoms with Crippen molar-refractivity contribution in [2.75, 3.05) is 0 Å². The quantitative estimate of drug-likeness (QED) is 0.801. The molecule has 0 aliphatic heterocycles. The van der Waals surface area contributed by atoms with Crippen LogP contribution < -0.4 is 4.74 Å². The van der Waals surface area contributed by atoms with Crippen LogP contribution in [0.15, 0.2) is 24.5 Å². The molecule has 0 radical (unpaired) electrons. The molecule has 2 aromatic rings. The summed E-state index contributed by atoms with van der Waals surface area (Å²) in [6, 6.07) is 4.52. The van der Waals surface area contributed by atoms with Crippen molar-refractivity contribution in [3.05, 3.63) is 46.8 Å². The number of ether oxygens (including phenoxy) is 1. The van der Waals surface area contributed by atoms with Gasteiger partial charge in [-0.1, -0.05) is 28.1 Å². The summed E-state index contributed by atoms with van der Waals surface area (Å²) in [6.07, 6.45) is 3.52.